The highest BCUT2D eigenvalue weighted by molar-refractivity contribution is 6.32. The molecule has 0 bridgehead atoms. The lowest BCUT2D eigenvalue weighted by Crippen LogP contribution is -2.07. The summed E-state index contributed by atoms with van der Waals surface area (Å²) in [7, 11) is 0. The first-order valence-corrected chi connectivity index (χ1v) is 4.83. The molecule has 0 aliphatic rings. The first-order valence-electron chi connectivity index (χ1n) is 4.08. The normalized spacial score (nSPS) is 10.5. The third-order valence-corrected chi connectivity index (χ3v) is 2.02. The molecule has 0 N–H and O–H groups in total. The van der Waals surface area contributed by atoms with Crippen molar-refractivity contribution in [3.8, 4) is 0 Å². The Morgan fingerprint density at radius 1 is 1.43 bits per heavy atom. The quantitative estimate of drug-likeness (QED) is 0.752. The molecule has 78 valence electrons. The van der Waals surface area contributed by atoms with Crippen LogP contribution in [-0.4, -0.2) is 18.2 Å². The van der Waals surface area contributed by atoms with E-state index in [0.29, 0.717) is 25.4 Å². The Balaban J connectivity index is 2.77. The zero-order valence-corrected chi connectivity index (χ0v) is 9.06. The molecule has 6 heteroatoms. The van der Waals surface area contributed by atoms with Crippen LogP contribution in [0.5, 0.6) is 0 Å². The first-order chi connectivity index (χ1) is 6.65. The highest BCUT2D eigenvalue weighted by atomic mass is 35.5. The molecule has 0 radical (unpaired) electrons. The molecule has 1 rings (SSSR count). The Morgan fingerprint density at radius 3 is 2.79 bits per heavy atom. The fraction of sp³-hybridized carbons (Fsp3) is 0.500. The highest BCUT2D eigenvalue weighted by Gasteiger charge is 2.09. The smallest absolute Gasteiger partial charge is 0.374 e. The van der Waals surface area contributed by atoms with Gasteiger partial charge in [-0.25, -0.2) is 9.78 Å². The van der Waals surface area contributed by atoms with Crippen LogP contribution in [0.15, 0.2) is 9.21 Å². The van der Waals surface area contributed by atoms with Crippen molar-refractivity contribution in [2.45, 2.75) is 13.3 Å². The largest absolute Gasteiger partial charge is 0.422 e. The van der Waals surface area contributed by atoms with Gasteiger partial charge >= 0.3 is 5.63 Å². The highest BCUT2D eigenvalue weighted by Crippen LogP contribution is 2.13. The molecule has 1 aromatic heterocycles. The van der Waals surface area contributed by atoms with Gasteiger partial charge in [0.25, 0.3) is 0 Å². The molecule has 0 unspecified atom stereocenters. The van der Waals surface area contributed by atoms with E-state index in [1.54, 1.807) is 0 Å². The fourth-order valence-corrected chi connectivity index (χ4v) is 1.24. The summed E-state index contributed by atoms with van der Waals surface area (Å²) in [6.07, 6.45) is 0.409. The van der Waals surface area contributed by atoms with E-state index >= 15 is 0 Å². The van der Waals surface area contributed by atoms with E-state index in [4.69, 9.17) is 32.4 Å². The van der Waals surface area contributed by atoms with E-state index in [9.17, 15) is 4.79 Å². The maximum absolute atomic E-state index is 11.0. The van der Waals surface area contributed by atoms with Crippen LogP contribution in [0.1, 0.15) is 12.7 Å². The summed E-state index contributed by atoms with van der Waals surface area (Å²) in [4.78, 5) is 14.6. The van der Waals surface area contributed by atoms with Gasteiger partial charge in [-0.1, -0.05) is 23.2 Å². The summed E-state index contributed by atoms with van der Waals surface area (Å²) < 4.78 is 9.90. The molecule has 1 aromatic rings. The monoisotopic (exact) mass is 237 g/mol. The van der Waals surface area contributed by atoms with Crippen molar-refractivity contribution in [2.75, 3.05) is 13.2 Å². The van der Waals surface area contributed by atoms with Crippen LogP contribution in [0.3, 0.4) is 0 Å². The average molecular weight is 238 g/mol. The van der Waals surface area contributed by atoms with Crippen molar-refractivity contribution >= 4 is 23.2 Å². The summed E-state index contributed by atoms with van der Waals surface area (Å²) >= 11 is 11.1. The van der Waals surface area contributed by atoms with Gasteiger partial charge < -0.3 is 9.15 Å². The van der Waals surface area contributed by atoms with Gasteiger partial charge in [0, 0.05) is 13.0 Å². The minimum Gasteiger partial charge on any atom is -0.422 e. The first kappa shape index (κ1) is 11.5. The van der Waals surface area contributed by atoms with Crippen molar-refractivity contribution in [3.05, 3.63) is 26.5 Å². The number of rotatable bonds is 4. The Bertz CT molecular complexity index is 364. The van der Waals surface area contributed by atoms with Gasteiger partial charge in [-0.3, -0.25) is 0 Å². The second-order valence-corrected chi connectivity index (χ2v) is 3.17. The van der Waals surface area contributed by atoms with Gasteiger partial charge in [0.2, 0.25) is 5.15 Å². The van der Waals surface area contributed by atoms with Crippen molar-refractivity contribution < 1.29 is 9.15 Å². The minimum absolute atomic E-state index is 0.106. The molecule has 14 heavy (non-hydrogen) atoms. The van der Waals surface area contributed by atoms with Crippen LogP contribution >= 0.6 is 23.2 Å². The van der Waals surface area contributed by atoms with Crippen LogP contribution < -0.4 is 5.63 Å². The lowest BCUT2D eigenvalue weighted by molar-refractivity contribution is 0.146. The molecule has 0 spiro atoms. The number of ether oxygens (including phenoxy) is 1. The fourth-order valence-electron chi connectivity index (χ4n) is 0.854. The number of halogens is 2. The Kier molecular flexibility index (Phi) is 4.38. The zero-order chi connectivity index (χ0) is 10.6. The number of hydrogen-bond donors (Lipinski definition) is 0. The predicted molar refractivity (Wildman–Crippen MR) is 53.0 cm³/mol. The van der Waals surface area contributed by atoms with Crippen molar-refractivity contribution in [2.24, 2.45) is 0 Å². The molecule has 0 fully saturated rings. The third kappa shape index (κ3) is 2.97. The maximum Gasteiger partial charge on any atom is 0.374 e. The molecule has 0 aliphatic heterocycles. The summed E-state index contributed by atoms with van der Waals surface area (Å²) in [5.41, 5.74) is -0.678. The third-order valence-electron chi connectivity index (χ3n) is 1.49. The van der Waals surface area contributed by atoms with Crippen LogP contribution in [0.25, 0.3) is 0 Å². The van der Waals surface area contributed by atoms with E-state index in [0.717, 1.165) is 0 Å². The second-order valence-electron chi connectivity index (χ2n) is 2.45. The maximum atomic E-state index is 11.0. The molecule has 0 saturated carbocycles. The molecule has 0 saturated heterocycles. The van der Waals surface area contributed by atoms with E-state index in [1.807, 2.05) is 6.92 Å². The van der Waals surface area contributed by atoms with Crippen molar-refractivity contribution in [3.63, 3.8) is 0 Å². The minimum atomic E-state index is -0.678. The van der Waals surface area contributed by atoms with Gasteiger partial charge in [0.05, 0.1) is 6.61 Å². The number of hydrogen-bond acceptors (Lipinski definition) is 4. The van der Waals surface area contributed by atoms with Gasteiger partial charge in [-0.15, -0.1) is 0 Å². The van der Waals surface area contributed by atoms with Crippen LogP contribution in [-0.2, 0) is 11.2 Å². The van der Waals surface area contributed by atoms with E-state index in [1.165, 1.54) is 0 Å². The molecule has 1 heterocycles. The zero-order valence-electron chi connectivity index (χ0n) is 7.55. The lowest BCUT2D eigenvalue weighted by Gasteiger charge is -2.01. The Morgan fingerprint density at radius 2 is 2.14 bits per heavy atom. The standard InChI is InChI=1S/C8H9Cl2NO3/c1-2-13-4-3-5-6(9)11-7(10)8(12)14-5/h2-4H2,1H3. The average Bonchev–Trinajstić information content (AvgIpc) is 2.14. The summed E-state index contributed by atoms with van der Waals surface area (Å²) in [6.45, 7) is 2.91. The van der Waals surface area contributed by atoms with E-state index in [-0.39, 0.29) is 10.3 Å². The van der Waals surface area contributed by atoms with Crippen LogP contribution in [0.4, 0.5) is 0 Å². The molecule has 0 aliphatic carbocycles. The molecule has 0 amide bonds. The number of aromatic nitrogens is 1. The Labute approximate surface area is 90.8 Å². The molecule has 4 nitrogen and oxygen atoms in total. The molecule has 0 atom stereocenters. The van der Waals surface area contributed by atoms with Crippen molar-refractivity contribution in [1.29, 1.82) is 0 Å². The number of nitrogens with zero attached hydrogens (tertiary/aromatic N) is 1. The molecular formula is C8H9Cl2NO3. The van der Waals surface area contributed by atoms with Gasteiger partial charge in [0.15, 0.2) is 5.15 Å². The van der Waals surface area contributed by atoms with Crippen LogP contribution in [0.2, 0.25) is 10.3 Å². The predicted octanol–water partition coefficient (Wildman–Crippen LogP) is 1.92. The van der Waals surface area contributed by atoms with Crippen LogP contribution in [0, 0.1) is 0 Å². The topological polar surface area (TPSA) is 52.3 Å². The van der Waals surface area contributed by atoms with Gasteiger partial charge in [-0.05, 0) is 6.92 Å². The molecule has 0 aromatic carbocycles. The lowest BCUT2D eigenvalue weighted by atomic mass is 10.4. The second kappa shape index (κ2) is 5.34. The van der Waals surface area contributed by atoms with Gasteiger partial charge in [0.1, 0.15) is 5.76 Å². The van der Waals surface area contributed by atoms with E-state index in [2.05, 4.69) is 4.98 Å². The molecular weight excluding hydrogens is 229 g/mol. The van der Waals surface area contributed by atoms with E-state index < -0.39 is 5.63 Å². The summed E-state index contributed by atoms with van der Waals surface area (Å²) in [5.74, 6) is 0.300. The van der Waals surface area contributed by atoms with Gasteiger partial charge in [-0.2, -0.15) is 0 Å². The summed E-state index contributed by atoms with van der Waals surface area (Å²) in [6, 6.07) is 0. The SMILES string of the molecule is CCOCCc1oc(=O)c(Cl)nc1Cl. The van der Waals surface area contributed by atoms with Crippen molar-refractivity contribution in [1.82, 2.24) is 4.98 Å². The summed E-state index contributed by atoms with van der Waals surface area (Å²) in [5, 5.41) is -0.149. The Hall–Kier alpha value is -0.580.